The third-order valence-corrected chi connectivity index (χ3v) is 3.81. The largest absolute Gasteiger partial charge is 0.478 e. The first-order valence-corrected chi connectivity index (χ1v) is 7.43. The molecule has 4 nitrogen and oxygen atoms in total. The van der Waals surface area contributed by atoms with Crippen LogP contribution in [0.15, 0.2) is 24.3 Å². The van der Waals surface area contributed by atoms with E-state index in [4.69, 9.17) is 5.11 Å². The van der Waals surface area contributed by atoms with Crippen LogP contribution in [0.2, 0.25) is 0 Å². The van der Waals surface area contributed by atoms with Gasteiger partial charge in [-0.1, -0.05) is 18.6 Å². The molecular formula is C16H24N2O2. The molecule has 110 valence electrons. The Balaban J connectivity index is 1.78. The molecule has 1 aromatic rings. The molecule has 0 amide bonds. The van der Waals surface area contributed by atoms with Crippen LogP contribution in [0.3, 0.4) is 0 Å². The Morgan fingerprint density at radius 2 is 2.10 bits per heavy atom. The van der Waals surface area contributed by atoms with E-state index >= 15 is 0 Å². The monoisotopic (exact) mass is 276 g/mol. The number of benzene rings is 1. The van der Waals surface area contributed by atoms with Gasteiger partial charge in [-0.2, -0.15) is 0 Å². The van der Waals surface area contributed by atoms with Crippen LogP contribution >= 0.6 is 0 Å². The van der Waals surface area contributed by atoms with Crippen LogP contribution in [0.5, 0.6) is 0 Å². The Kier molecular flexibility index (Phi) is 5.56. The molecule has 1 heterocycles. The van der Waals surface area contributed by atoms with E-state index in [1.165, 1.54) is 32.4 Å². The molecule has 1 aromatic carbocycles. The molecular weight excluding hydrogens is 252 g/mol. The van der Waals surface area contributed by atoms with Gasteiger partial charge in [0.2, 0.25) is 0 Å². The molecule has 1 aliphatic rings. The Labute approximate surface area is 120 Å². The average Bonchev–Trinajstić information content (AvgIpc) is 2.46. The van der Waals surface area contributed by atoms with Crippen molar-refractivity contribution in [3.63, 3.8) is 0 Å². The Hall–Kier alpha value is -1.39. The molecule has 1 atom stereocenters. The zero-order valence-electron chi connectivity index (χ0n) is 12.1. The summed E-state index contributed by atoms with van der Waals surface area (Å²) in [6.07, 6.45) is 3.99. The zero-order chi connectivity index (χ0) is 14.4. The second-order valence-electron chi connectivity index (χ2n) is 5.65. The van der Waals surface area contributed by atoms with Crippen LogP contribution in [-0.2, 0) is 6.54 Å². The summed E-state index contributed by atoms with van der Waals surface area (Å²) < 4.78 is 0. The van der Waals surface area contributed by atoms with Gasteiger partial charge in [-0.05, 0) is 50.6 Å². The van der Waals surface area contributed by atoms with E-state index in [1.54, 1.807) is 18.2 Å². The van der Waals surface area contributed by atoms with Crippen molar-refractivity contribution < 1.29 is 9.90 Å². The maximum atomic E-state index is 10.9. The number of hydrogen-bond donors (Lipinski definition) is 2. The molecule has 0 aliphatic carbocycles. The van der Waals surface area contributed by atoms with E-state index in [1.807, 2.05) is 6.07 Å². The van der Waals surface area contributed by atoms with Gasteiger partial charge in [0, 0.05) is 19.1 Å². The summed E-state index contributed by atoms with van der Waals surface area (Å²) in [6.45, 7) is 6.39. The van der Waals surface area contributed by atoms with Crippen molar-refractivity contribution in [1.82, 2.24) is 10.2 Å². The number of likely N-dealkylation sites (tertiary alicyclic amines) is 1. The molecule has 2 N–H and O–H groups in total. The van der Waals surface area contributed by atoms with Gasteiger partial charge in [-0.25, -0.2) is 4.79 Å². The second-order valence-corrected chi connectivity index (χ2v) is 5.65. The highest BCUT2D eigenvalue weighted by Crippen LogP contribution is 2.09. The van der Waals surface area contributed by atoms with Crippen molar-refractivity contribution in [2.75, 3.05) is 19.6 Å². The fourth-order valence-corrected chi connectivity index (χ4v) is 2.70. The van der Waals surface area contributed by atoms with Crippen molar-refractivity contribution >= 4 is 5.97 Å². The number of aromatic carboxylic acids is 1. The topological polar surface area (TPSA) is 52.6 Å². The molecule has 0 spiro atoms. The lowest BCUT2D eigenvalue weighted by molar-refractivity contribution is 0.0696. The lowest BCUT2D eigenvalue weighted by Gasteiger charge is -2.29. The summed E-state index contributed by atoms with van der Waals surface area (Å²) >= 11 is 0. The number of piperidine rings is 1. The predicted molar refractivity (Wildman–Crippen MR) is 80.0 cm³/mol. The zero-order valence-corrected chi connectivity index (χ0v) is 12.1. The quantitative estimate of drug-likeness (QED) is 0.837. The molecule has 1 aliphatic heterocycles. The number of nitrogens with one attached hydrogen (secondary N) is 1. The van der Waals surface area contributed by atoms with Gasteiger partial charge < -0.3 is 15.3 Å². The summed E-state index contributed by atoms with van der Waals surface area (Å²) in [5.74, 6) is -0.867. The lowest BCUT2D eigenvalue weighted by Crippen LogP contribution is -2.41. The van der Waals surface area contributed by atoms with E-state index in [0.29, 0.717) is 11.6 Å². The lowest BCUT2D eigenvalue weighted by atomic mass is 10.1. The van der Waals surface area contributed by atoms with Crippen LogP contribution in [0.25, 0.3) is 0 Å². The van der Waals surface area contributed by atoms with E-state index in [-0.39, 0.29) is 0 Å². The number of nitrogens with zero attached hydrogens (tertiary/aromatic N) is 1. The van der Waals surface area contributed by atoms with Gasteiger partial charge in [0.1, 0.15) is 0 Å². The van der Waals surface area contributed by atoms with Crippen LogP contribution in [0.1, 0.15) is 42.1 Å². The van der Waals surface area contributed by atoms with E-state index in [2.05, 4.69) is 17.1 Å². The second kappa shape index (κ2) is 7.41. The summed E-state index contributed by atoms with van der Waals surface area (Å²) in [6, 6.07) is 7.55. The molecule has 0 radical (unpaired) electrons. The van der Waals surface area contributed by atoms with Gasteiger partial charge in [0.25, 0.3) is 0 Å². The standard InChI is InChI=1S/C16H24N2O2/c1-13(12-18-8-3-2-4-9-18)17-11-14-6-5-7-15(10-14)16(19)20/h5-7,10,13,17H,2-4,8-9,11-12H2,1H3,(H,19,20). The SMILES string of the molecule is CC(CN1CCCCC1)NCc1cccc(C(=O)O)c1. The first-order chi connectivity index (χ1) is 9.65. The normalized spacial score (nSPS) is 17.9. The van der Waals surface area contributed by atoms with Crippen molar-refractivity contribution in [3.05, 3.63) is 35.4 Å². The first kappa shape index (κ1) is 15.0. The molecule has 1 unspecified atom stereocenters. The number of carboxylic acid groups (broad SMARTS) is 1. The van der Waals surface area contributed by atoms with Gasteiger partial charge in [0.15, 0.2) is 0 Å². The highest BCUT2D eigenvalue weighted by atomic mass is 16.4. The average molecular weight is 276 g/mol. The smallest absolute Gasteiger partial charge is 0.335 e. The van der Waals surface area contributed by atoms with Crippen LogP contribution in [-0.4, -0.2) is 41.7 Å². The Morgan fingerprint density at radius 1 is 1.35 bits per heavy atom. The fourth-order valence-electron chi connectivity index (χ4n) is 2.70. The van der Waals surface area contributed by atoms with Crippen molar-refractivity contribution in [2.24, 2.45) is 0 Å². The van der Waals surface area contributed by atoms with E-state index in [0.717, 1.165) is 18.7 Å². The number of hydrogen-bond acceptors (Lipinski definition) is 3. The van der Waals surface area contributed by atoms with Gasteiger partial charge in [0.05, 0.1) is 5.56 Å². The molecule has 1 fully saturated rings. The molecule has 1 saturated heterocycles. The van der Waals surface area contributed by atoms with E-state index < -0.39 is 5.97 Å². The Morgan fingerprint density at radius 3 is 2.80 bits per heavy atom. The summed E-state index contributed by atoms with van der Waals surface area (Å²) in [5.41, 5.74) is 1.38. The highest BCUT2D eigenvalue weighted by Gasteiger charge is 2.13. The third-order valence-electron chi connectivity index (χ3n) is 3.81. The molecule has 20 heavy (non-hydrogen) atoms. The maximum absolute atomic E-state index is 10.9. The molecule has 2 rings (SSSR count). The van der Waals surface area contributed by atoms with Crippen LogP contribution in [0.4, 0.5) is 0 Å². The van der Waals surface area contributed by atoms with Crippen LogP contribution in [0, 0.1) is 0 Å². The third kappa shape index (κ3) is 4.62. The fraction of sp³-hybridized carbons (Fsp3) is 0.562. The van der Waals surface area contributed by atoms with Crippen molar-refractivity contribution in [3.8, 4) is 0 Å². The summed E-state index contributed by atoms with van der Waals surface area (Å²) in [7, 11) is 0. The minimum absolute atomic E-state index is 0.355. The molecule has 0 bridgehead atoms. The summed E-state index contributed by atoms with van der Waals surface area (Å²) in [5, 5.41) is 12.5. The maximum Gasteiger partial charge on any atom is 0.335 e. The van der Waals surface area contributed by atoms with Gasteiger partial charge in [-0.15, -0.1) is 0 Å². The Bertz CT molecular complexity index is 442. The number of carbonyl (C=O) groups is 1. The molecule has 0 saturated carbocycles. The predicted octanol–water partition coefficient (Wildman–Crippen LogP) is 2.35. The highest BCUT2D eigenvalue weighted by molar-refractivity contribution is 5.87. The number of rotatable bonds is 6. The van der Waals surface area contributed by atoms with Gasteiger partial charge >= 0.3 is 5.97 Å². The van der Waals surface area contributed by atoms with E-state index in [9.17, 15) is 4.79 Å². The minimum atomic E-state index is -0.867. The minimum Gasteiger partial charge on any atom is -0.478 e. The molecule has 4 heteroatoms. The summed E-state index contributed by atoms with van der Waals surface area (Å²) in [4.78, 5) is 13.4. The van der Waals surface area contributed by atoms with Crippen molar-refractivity contribution in [1.29, 1.82) is 0 Å². The molecule has 0 aromatic heterocycles. The number of carboxylic acids is 1. The first-order valence-electron chi connectivity index (χ1n) is 7.43. The van der Waals surface area contributed by atoms with Crippen molar-refractivity contribution in [2.45, 2.75) is 38.8 Å². The van der Waals surface area contributed by atoms with Crippen LogP contribution < -0.4 is 5.32 Å². The van der Waals surface area contributed by atoms with Gasteiger partial charge in [-0.3, -0.25) is 0 Å².